The second kappa shape index (κ2) is 8.09. The Morgan fingerprint density at radius 2 is 1.78 bits per heavy atom. The van der Waals surface area contributed by atoms with Gasteiger partial charge in [-0.15, -0.1) is 4.72 Å². The second-order valence-corrected chi connectivity index (χ2v) is 12.3. The molecular weight excluding hydrogens is 364 g/mol. The van der Waals surface area contributed by atoms with Crippen LogP contribution < -0.4 is 4.72 Å². The van der Waals surface area contributed by atoms with E-state index in [0.717, 1.165) is 12.8 Å². The fourth-order valence-electron chi connectivity index (χ4n) is 3.77. The van der Waals surface area contributed by atoms with E-state index >= 15 is 0 Å². The summed E-state index contributed by atoms with van der Waals surface area (Å²) in [5.74, 6) is 0.336. The molecule has 0 bridgehead atoms. The number of nitrogens with zero attached hydrogens (tertiary/aromatic N) is 1. The Balaban J connectivity index is 2.10. The summed E-state index contributed by atoms with van der Waals surface area (Å²) in [6.07, 6.45) is 1.44. The molecule has 0 saturated carbocycles. The molecular formula is C20H38N2O4S. The Hall–Kier alpha value is -0.500. The molecule has 0 radical (unpaired) electrons. The Morgan fingerprint density at radius 3 is 2.22 bits per heavy atom. The number of rotatable bonds is 3. The molecule has 2 heterocycles. The van der Waals surface area contributed by atoms with E-state index in [1.54, 1.807) is 4.90 Å². The van der Waals surface area contributed by atoms with E-state index in [1.165, 1.54) is 0 Å². The van der Waals surface area contributed by atoms with Crippen molar-refractivity contribution in [1.29, 1.82) is 0 Å². The summed E-state index contributed by atoms with van der Waals surface area (Å²) < 4.78 is 27.6. The molecule has 2 aliphatic heterocycles. The minimum absolute atomic E-state index is 0.0262. The van der Waals surface area contributed by atoms with Gasteiger partial charge in [-0.2, -0.15) is 0 Å². The SMILES string of the molecule is CC(C)[C@@H]1OCC2(CCN(C(=O)OC(C)(C)C)CC2)[C@@H]1N[S@+]([O-])C(C)(C)C. The van der Waals surface area contributed by atoms with Crippen molar-refractivity contribution in [2.24, 2.45) is 11.3 Å². The first-order chi connectivity index (χ1) is 12.3. The summed E-state index contributed by atoms with van der Waals surface area (Å²) in [6.45, 7) is 17.8. The minimum Gasteiger partial charge on any atom is -0.598 e. The molecule has 6 nitrogen and oxygen atoms in total. The first kappa shape index (κ1) is 22.8. The van der Waals surface area contributed by atoms with E-state index in [1.807, 2.05) is 41.5 Å². The topological polar surface area (TPSA) is 73.9 Å². The lowest BCUT2D eigenvalue weighted by Gasteiger charge is -2.43. The van der Waals surface area contributed by atoms with Crippen molar-refractivity contribution in [3.8, 4) is 0 Å². The molecule has 0 aromatic rings. The summed E-state index contributed by atoms with van der Waals surface area (Å²) in [7, 11) is 0. The number of hydrogen-bond donors (Lipinski definition) is 1. The molecule has 7 heteroatoms. The number of carbonyl (C=O) groups excluding carboxylic acids is 1. The summed E-state index contributed by atoms with van der Waals surface area (Å²) >= 11 is -1.16. The smallest absolute Gasteiger partial charge is 0.410 e. The highest BCUT2D eigenvalue weighted by Gasteiger charge is 2.54. The molecule has 1 N–H and O–H groups in total. The van der Waals surface area contributed by atoms with Crippen LogP contribution in [-0.4, -0.2) is 57.7 Å². The summed E-state index contributed by atoms with van der Waals surface area (Å²) in [4.78, 5) is 14.2. The lowest BCUT2D eigenvalue weighted by atomic mass is 9.72. The Labute approximate surface area is 168 Å². The van der Waals surface area contributed by atoms with Crippen molar-refractivity contribution in [3.05, 3.63) is 0 Å². The van der Waals surface area contributed by atoms with Gasteiger partial charge < -0.3 is 18.9 Å². The Kier molecular flexibility index (Phi) is 6.83. The molecule has 158 valence electrons. The number of ether oxygens (including phenoxy) is 2. The van der Waals surface area contributed by atoms with Gasteiger partial charge in [0.1, 0.15) is 10.3 Å². The van der Waals surface area contributed by atoms with Crippen LogP contribution in [0.2, 0.25) is 0 Å². The van der Waals surface area contributed by atoms with Crippen LogP contribution in [0, 0.1) is 11.3 Å². The van der Waals surface area contributed by atoms with E-state index in [9.17, 15) is 9.35 Å². The van der Waals surface area contributed by atoms with Crippen LogP contribution in [0.5, 0.6) is 0 Å². The molecule has 0 aromatic carbocycles. The van der Waals surface area contributed by atoms with Crippen molar-refractivity contribution in [3.63, 3.8) is 0 Å². The van der Waals surface area contributed by atoms with Crippen molar-refractivity contribution < 1.29 is 18.8 Å². The maximum Gasteiger partial charge on any atom is 0.410 e. The van der Waals surface area contributed by atoms with Gasteiger partial charge in [-0.3, -0.25) is 0 Å². The fraction of sp³-hybridized carbons (Fsp3) is 0.950. The Morgan fingerprint density at radius 1 is 1.22 bits per heavy atom. The molecule has 27 heavy (non-hydrogen) atoms. The molecule has 3 atom stereocenters. The summed E-state index contributed by atoms with van der Waals surface area (Å²) in [6, 6.07) is 0.0262. The van der Waals surface area contributed by atoms with Gasteiger partial charge in [0, 0.05) is 29.9 Å². The standard InChI is InChI=1S/C20H38N2O4S/c1-14(2)15-16(21-27(24)19(6,7)8)20(13-25-15)9-11-22(12-10-20)17(23)26-18(3,4)5/h14-16,21H,9-13H2,1-8H3/t15-,16+,27+/m0/s1. The zero-order chi connectivity index (χ0) is 20.6. The van der Waals surface area contributed by atoms with Crippen LogP contribution in [0.3, 0.4) is 0 Å². The summed E-state index contributed by atoms with van der Waals surface area (Å²) in [5.41, 5.74) is -0.576. The predicted octanol–water partition coefficient (Wildman–Crippen LogP) is 3.48. The third-order valence-electron chi connectivity index (χ3n) is 5.41. The van der Waals surface area contributed by atoms with Crippen molar-refractivity contribution in [2.45, 2.75) is 90.7 Å². The monoisotopic (exact) mass is 402 g/mol. The van der Waals surface area contributed by atoms with Gasteiger partial charge in [-0.25, -0.2) is 4.79 Å². The molecule has 0 unspecified atom stereocenters. The fourth-order valence-corrected chi connectivity index (χ4v) is 4.74. The maximum absolute atomic E-state index is 12.8. The molecule has 0 aliphatic carbocycles. The number of hydrogen-bond acceptors (Lipinski definition) is 5. The van der Waals surface area contributed by atoms with Crippen LogP contribution in [0.1, 0.15) is 68.2 Å². The van der Waals surface area contributed by atoms with Crippen molar-refractivity contribution in [1.82, 2.24) is 9.62 Å². The van der Waals surface area contributed by atoms with Gasteiger partial charge in [0.05, 0.1) is 18.8 Å². The molecule has 2 fully saturated rings. The number of amides is 1. The maximum atomic E-state index is 12.8. The van der Waals surface area contributed by atoms with Crippen molar-refractivity contribution in [2.75, 3.05) is 19.7 Å². The van der Waals surface area contributed by atoms with Crippen LogP contribution in [-0.2, 0) is 20.8 Å². The highest BCUT2D eigenvalue weighted by Crippen LogP contribution is 2.45. The summed E-state index contributed by atoms with van der Waals surface area (Å²) in [5, 5.41) is 0. The van der Waals surface area contributed by atoms with E-state index in [-0.39, 0.29) is 28.4 Å². The number of nitrogens with one attached hydrogen (secondary N) is 1. The van der Waals surface area contributed by atoms with E-state index in [4.69, 9.17) is 9.47 Å². The minimum atomic E-state index is -1.16. The van der Waals surface area contributed by atoms with Gasteiger partial charge in [-0.1, -0.05) is 13.8 Å². The molecule has 2 saturated heterocycles. The average molecular weight is 403 g/mol. The lowest BCUT2D eigenvalue weighted by molar-refractivity contribution is 0.00617. The van der Waals surface area contributed by atoms with Crippen molar-refractivity contribution >= 4 is 17.5 Å². The van der Waals surface area contributed by atoms with E-state index in [2.05, 4.69) is 18.6 Å². The highest BCUT2D eigenvalue weighted by molar-refractivity contribution is 7.90. The van der Waals surface area contributed by atoms with Crippen LogP contribution in [0.15, 0.2) is 0 Å². The first-order valence-corrected chi connectivity index (χ1v) is 11.2. The Bertz CT molecular complexity index is 519. The normalized spacial score (nSPS) is 27.3. The van der Waals surface area contributed by atoms with Crippen LogP contribution >= 0.6 is 0 Å². The molecule has 1 spiro atoms. The number of likely N-dealkylation sites (tertiary alicyclic amines) is 1. The lowest BCUT2D eigenvalue weighted by Crippen LogP contribution is -2.58. The molecule has 2 aliphatic rings. The average Bonchev–Trinajstić information content (AvgIpc) is 2.84. The molecule has 1 amide bonds. The molecule has 2 rings (SSSR count). The quantitative estimate of drug-likeness (QED) is 0.732. The second-order valence-electron chi connectivity index (χ2n) is 10.3. The predicted molar refractivity (Wildman–Crippen MR) is 109 cm³/mol. The largest absolute Gasteiger partial charge is 0.598 e. The van der Waals surface area contributed by atoms with Gasteiger partial charge in [0.2, 0.25) is 0 Å². The zero-order valence-electron chi connectivity index (χ0n) is 18.3. The van der Waals surface area contributed by atoms with E-state index in [0.29, 0.717) is 25.6 Å². The van der Waals surface area contributed by atoms with Gasteiger partial charge in [0.15, 0.2) is 0 Å². The first-order valence-electron chi connectivity index (χ1n) is 10.0. The van der Waals surface area contributed by atoms with Crippen LogP contribution in [0.25, 0.3) is 0 Å². The van der Waals surface area contributed by atoms with Crippen LogP contribution in [0.4, 0.5) is 4.79 Å². The number of piperidine rings is 1. The van der Waals surface area contributed by atoms with Gasteiger partial charge in [0.25, 0.3) is 0 Å². The third kappa shape index (κ3) is 5.52. The van der Waals surface area contributed by atoms with Gasteiger partial charge >= 0.3 is 6.09 Å². The van der Waals surface area contributed by atoms with Gasteiger partial charge in [-0.05, 0) is 60.3 Å². The molecule has 0 aromatic heterocycles. The highest BCUT2D eigenvalue weighted by atomic mass is 32.2. The third-order valence-corrected chi connectivity index (χ3v) is 6.99. The zero-order valence-corrected chi connectivity index (χ0v) is 19.1. The number of carbonyl (C=O) groups is 1. The van der Waals surface area contributed by atoms with E-state index < -0.39 is 17.0 Å².